The van der Waals surface area contributed by atoms with E-state index in [0.29, 0.717) is 11.2 Å². The summed E-state index contributed by atoms with van der Waals surface area (Å²) in [5.41, 5.74) is -3.08. The Morgan fingerprint density at radius 3 is 2.86 bits per heavy atom. The van der Waals surface area contributed by atoms with E-state index in [9.17, 15) is 15.5 Å². The summed E-state index contributed by atoms with van der Waals surface area (Å²) in [5, 5.41) is 33.0. The molecule has 0 unspecified atom stereocenters. The molecule has 2 aromatic heterocycles. The van der Waals surface area contributed by atoms with Crippen molar-refractivity contribution in [3.63, 3.8) is 0 Å². The Morgan fingerprint density at radius 1 is 1.55 bits per heavy atom. The first kappa shape index (κ1) is 14.8. The van der Waals surface area contributed by atoms with E-state index in [2.05, 4.69) is 10.1 Å². The van der Waals surface area contributed by atoms with Gasteiger partial charge in [0.2, 0.25) is 5.60 Å². The van der Waals surface area contributed by atoms with Gasteiger partial charge in [0.05, 0.1) is 23.5 Å². The quantitative estimate of drug-likeness (QED) is 0.823. The highest BCUT2D eigenvalue weighted by Crippen LogP contribution is 2.49. The molecule has 3 rings (SSSR count). The van der Waals surface area contributed by atoms with Crippen LogP contribution in [0.3, 0.4) is 0 Å². The lowest BCUT2D eigenvalue weighted by molar-refractivity contribution is -0.0718. The number of hydrogen-bond donors (Lipinski definition) is 2. The molecule has 0 aliphatic carbocycles. The van der Waals surface area contributed by atoms with Gasteiger partial charge in [0.25, 0.3) is 0 Å². The highest BCUT2D eigenvalue weighted by Gasteiger charge is 2.66. The molecule has 2 aromatic rings. The molecular formula is C14H15FN4O3. The first-order valence-electron chi connectivity index (χ1n) is 6.76. The predicted octanol–water partition coefficient (Wildman–Crippen LogP) is 0.237. The number of fused-ring (bicyclic) bond motifs is 1. The molecule has 1 saturated heterocycles. The van der Waals surface area contributed by atoms with Gasteiger partial charge in [0.15, 0.2) is 5.67 Å². The third kappa shape index (κ3) is 1.64. The van der Waals surface area contributed by atoms with Crippen molar-refractivity contribution in [1.82, 2.24) is 14.6 Å². The number of aliphatic hydroxyl groups excluding tert-OH is 2. The molecule has 0 radical (unpaired) electrons. The van der Waals surface area contributed by atoms with Crippen LogP contribution in [0.1, 0.15) is 18.3 Å². The van der Waals surface area contributed by atoms with Crippen LogP contribution in [0.5, 0.6) is 0 Å². The molecular weight excluding hydrogens is 291 g/mol. The van der Waals surface area contributed by atoms with Gasteiger partial charge in [-0.2, -0.15) is 10.4 Å². The maximum absolute atomic E-state index is 15.2. The smallest absolute Gasteiger partial charge is 0.233 e. The molecule has 0 amide bonds. The van der Waals surface area contributed by atoms with Gasteiger partial charge in [0, 0.05) is 0 Å². The molecule has 4 atom stereocenters. The van der Waals surface area contributed by atoms with Crippen LogP contribution in [0.2, 0.25) is 0 Å². The summed E-state index contributed by atoms with van der Waals surface area (Å²) < 4.78 is 22.0. The van der Waals surface area contributed by atoms with Crippen molar-refractivity contribution in [3.8, 4) is 6.07 Å². The number of nitriles is 1. The van der Waals surface area contributed by atoms with Gasteiger partial charge in [-0.05, 0) is 26.0 Å². The van der Waals surface area contributed by atoms with Crippen LogP contribution in [0.4, 0.5) is 4.39 Å². The number of aliphatic hydroxyl groups is 2. The molecule has 7 nitrogen and oxygen atoms in total. The zero-order chi connectivity index (χ0) is 16.1. The summed E-state index contributed by atoms with van der Waals surface area (Å²) in [4.78, 5) is 4.04. The minimum Gasteiger partial charge on any atom is -0.394 e. The van der Waals surface area contributed by atoms with Crippen molar-refractivity contribution < 1.29 is 19.3 Å². The summed E-state index contributed by atoms with van der Waals surface area (Å²) in [7, 11) is 0. The standard InChI is InChI=1S/C14H15FN4O3/c1-8-9-3-4-11(19(9)18-7-17-8)14(6-16)13(2,15)12(21)10(5-20)22-14/h3-4,7,10,12,20-21H,5H2,1-2H3/t10-,12-,13-,14+/m1/s1. The van der Waals surface area contributed by atoms with Gasteiger partial charge >= 0.3 is 0 Å². The highest BCUT2D eigenvalue weighted by atomic mass is 19.1. The largest absolute Gasteiger partial charge is 0.394 e. The molecule has 2 N–H and O–H groups in total. The average molecular weight is 306 g/mol. The minimum atomic E-state index is -2.41. The van der Waals surface area contributed by atoms with Crippen LogP contribution < -0.4 is 0 Å². The van der Waals surface area contributed by atoms with Gasteiger partial charge in [-0.1, -0.05) is 0 Å². The van der Waals surface area contributed by atoms with Gasteiger partial charge in [0.1, 0.15) is 24.6 Å². The molecule has 0 bridgehead atoms. The van der Waals surface area contributed by atoms with E-state index >= 15 is 4.39 Å². The van der Waals surface area contributed by atoms with E-state index in [1.54, 1.807) is 13.0 Å². The van der Waals surface area contributed by atoms with Crippen LogP contribution in [0, 0.1) is 18.3 Å². The van der Waals surface area contributed by atoms with Gasteiger partial charge in [-0.15, -0.1) is 0 Å². The van der Waals surface area contributed by atoms with Crippen molar-refractivity contribution in [2.75, 3.05) is 6.61 Å². The highest BCUT2D eigenvalue weighted by molar-refractivity contribution is 5.54. The molecule has 8 heteroatoms. The number of hydrogen-bond acceptors (Lipinski definition) is 6. The van der Waals surface area contributed by atoms with Crippen molar-refractivity contribution in [2.45, 2.75) is 37.3 Å². The Labute approximate surface area is 125 Å². The van der Waals surface area contributed by atoms with E-state index in [1.165, 1.54) is 16.9 Å². The molecule has 22 heavy (non-hydrogen) atoms. The lowest BCUT2D eigenvalue weighted by Crippen LogP contribution is -2.48. The van der Waals surface area contributed by atoms with E-state index in [1.807, 2.05) is 6.07 Å². The molecule has 0 aromatic carbocycles. The third-order valence-corrected chi connectivity index (χ3v) is 4.27. The number of aromatic nitrogens is 3. The van der Waals surface area contributed by atoms with Gasteiger partial charge in [-0.3, -0.25) is 0 Å². The lowest BCUT2D eigenvalue weighted by atomic mass is 9.82. The minimum absolute atomic E-state index is 0.149. The normalized spacial score (nSPS) is 34.9. The summed E-state index contributed by atoms with van der Waals surface area (Å²) >= 11 is 0. The Balaban J connectivity index is 2.27. The number of aryl methyl sites for hydroxylation is 1. The van der Waals surface area contributed by atoms with Crippen molar-refractivity contribution in [3.05, 3.63) is 29.8 Å². The Kier molecular flexibility index (Phi) is 3.18. The maximum Gasteiger partial charge on any atom is 0.233 e. The molecule has 3 heterocycles. The number of nitrogens with zero attached hydrogens (tertiary/aromatic N) is 4. The fourth-order valence-electron chi connectivity index (χ4n) is 2.93. The van der Waals surface area contributed by atoms with Crippen molar-refractivity contribution in [1.29, 1.82) is 5.26 Å². The molecule has 0 spiro atoms. The number of rotatable bonds is 2. The van der Waals surface area contributed by atoms with Crippen molar-refractivity contribution in [2.24, 2.45) is 0 Å². The summed E-state index contributed by atoms with van der Waals surface area (Å²) in [6.07, 6.45) is -1.53. The molecule has 1 fully saturated rings. The van der Waals surface area contributed by atoms with E-state index in [4.69, 9.17) is 4.74 Å². The van der Waals surface area contributed by atoms with Crippen molar-refractivity contribution >= 4 is 5.52 Å². The maximum atomic E-state index is 15.2. The number of alkyl halides is 1. The molecule has 0 saturated carbocycles. The second-order valence-corrected chi connectivity index (χ2v) is 5.51. The first-order chi connectivity index (χ1) is 10.4. The van der Waals surface area contributed by atoms with E-state index in [-0.39, 0.29) is 5.69 Å². The topological polar surface area (TPSA) is 104 Å². The SMILES string of the molecule is Cc1ncnn2c([C@]3(C#N)O[C@H](CO)[C@@H](O)[C@@]3(C)F)ccc12. The average Bonchev–Trinajstić information content (AvgIpc) is 3.01. The van der Waals surface area contributed by atoms with E-state index in [0.717, 1.165) is 6.92 Å². The van der Waals surface area contributed by atoms with Crippen LogP contribution in [-0.4, -0.2) is 49.3 Å². The van der Waals surface area contributed by atoms with Crippen LogP contribution in [0.15, 0.2) is 18.5 Å². The van der Waals surface area contributed by atoms with E-state index < -0.39 is 30.1 Å². The van der Waals surface area contributed by atoms with Crippen LogP contribution in [-0.2, 0) is 10.3 Å². The summed E-state index contributed by atoms with van der Waals surface area (Å²) in [6.45, 7) is 2.25. The zero-order valence-electron chi connectivity index (χ0n) is 12.1. The second-order valence-electron chi connectivity index (χ2n) is 5.51. The summed E-state index contributed by atoms with van der Waals surface area (Å²) in [5.74, 6) is 0. The van der Waals surface area contributed by atoms with Gasteiger partial charge in [-0.25, -0.2) is 13.9 Å². The first-order valence-corrected chi connectivity index (χ1v) is 6.76. The Hall–Kier alpha value is -2.08. The van der Waals surface area contributed by atoms with Crippen LogP contribution in [0.25, 0.3) is 5.52 Å². The second kappa shape index (κ2) is 4.71. The Morgan fingerprint density at radius 2 is 2.27 bits per heavy atom. The van der Waals surface area contributed by atoms with Gasteiger partial charge < -0.3 is 14.9 Å². The van der Waals surface area contributed by atoms with Crippen LogP contribution >= 0.6 is 0 Å². The number of ether oxygens (including phenoxy) is 1. The molecule has 116 valence electrons. The number of halogens is 1. The monoisotopic (exact) mass is 306 g/mol. The fourth-order valence-corrected chi connectivity index (χ4v) is 2.93. The predicted molar refractivity (Wildman–Crippen MR) is 72.5 cm³/mol. The molecule has 1 aliphatic heterocycles. The fraction of sp³-hybridized carbons (Fsp3) is 0.500. The molecule has 1 aliphatic rings. The third-order valence-electron chi connectivity index (χ3n) is 4.27. The Bertz CT molecular complexity index is 769. The lowest BCUT2D eigenvalue weighted by Gasteiger charge is -2.30. The summed E-state index contributed by atoms with van der Waals surface area (Å²) in [6, 6.07) is 5.00. The zero-order valence-corrected chi connectivity index (χ0v) is 12.1.